The molecule has 0 aliphatic heterocycles. The molecular weight excluding hydrogens is 372 g/mol. The maximum Gasteiger partial charge on any atom is 0.243 e. The van der Waals surface area contributed by atoms with Crippen molar-refractivity contribution in [1.29, 1.82) is 0 Å². The summed E-state index contributed by atoms with van der Waals surface area (Å²) in [6, 6.07) is 13.5. The monoisotopic (exact) mass is 394 g/mol. The summed E-state index contributed by atoms with van der Waals surface area (Å²) in [5.41, 5.74) is 0.577. The van der Waals surface area contributed by atoms with Crippen LogP contribution in [0.15, 0.2) is 58.3 Å². The Labute approximate surface area is 158 Å². The first-order chi connectivity index (χ1) is 12.4. The minimum Gasteiger partial charge on any atom is -0.494 e. The molecule has 1 N–H and O–H groups in total. The fraction of sp³-hybridized carbons (Fsp3) is 0.278. The zero-order valence-electron chi connectivity index (χ0n) is 14.9. The number of carbonyl (C=O) groups is 1. The molecule has 6 nitrogen and oxygen atoms in total. The van der Waals surface area contributed by atoms with Gasteiger partial charge in [-0.15, -0.1) is 11.8 Å². The van der Waals surface area contributed by atoms with Gasteiger partial charge in [0, 0.05) is 17.6 Å². The largest absolute Gasteiger partial charge is 0.494 e. The number of nitrogens with zero attached hydrogens (tertiary/aromatic N) is 1. The van der Waals surface area contributed by atoms with Crippen molar-refractivity contribution < 1.29 is 17.9 Å². The summed E-state index contributed by atoms with van der Waals surface area (Å²) in [5, 5.41) is 2.68. The van der Waals surface area contributed by atoms with Crippen LogP contribution in [0.5, 0.6) is 5.75 Å². The van der Waals surface area contributed by atoms with E-state index in [1.54, 1.807) is 48.5 Å². The van der Waals surface area contributed by atoms with Crippen molar-refractivity contribution in [2.24, 2.45) is 0 Å². The van der Waals surface area contributed by atoms with Gasteiger partial charge in [-0.05, 0) is 61.7 Å². The predicted molar refractivity (Wildman–Crippen MR) is 104 cm³/mol. The van der Waals surface area contributed by atoms with Crippen LogP contribution in [0, 0.1) is 0 Å². The number of carbonyl (C=O) groups excluding carboxylic acids is 1. The van der Waals surface area contributed by atoms with Gasteiger partial charge in [0.2, 0.25) is 15.9 Å². The number of rotatable bonds is 8. The van der Waals surface area contributed by atoms with Crippen LogP contribution in [0.25, 0.3) is 0 Å². The standard InChI is InChI=1S/C18H22N2O4S2/c1-4-24-15-7-5-14(6-8-15)19-18(21)13-20(2)26(22,23)17-11-9-16(25-3)10-12-17/h5-12H,4,13H2,1-3H3,(H,19,21). The zero-order valence-corrected chi connectivity index (χ0v) is 16.6. The molecule has 0 unspecified atom stereocenters. The van der Waals surface area contributed by atoms with Gasteiger partial charge in [-0.25, -0.2) is 8.42 Å². The normalized spacial score (nSPS) is 11.4. The van der Waals surface area contributed by atoms with Crippen LogP contribution < -0.4 is 10.1 Å². The first kappa shape index (κ1) is 20.3. The number of hydrogen-bond acceptors (Lipinski definition) is 5. The van der Waals surface area contributed by atoms with Gasteiger partial charge in [0.05, 0.1) is 18.0 Å². The highest BCUT2D eigenvalue weighted by atomic mass is 32.2. The van der Waals surface area contributed by atoms with Crippen LogP contribution in [0.3, 0.4) is 0 Å². The van der Waals surface area contributed by atoms with E-state index in [1.807, 2.05) is 13.2 Å². The SMILES string of the molecule is CCOc1ccc(NC(=O)CN(C)S(=O)(=O)c2ccc(SC)cc2)cc1. The second-order valence-corrected chi connectivity index (χ2v) is 8.37. The molecule has 140 valence electrons. The summed E-state index contributed by atoms with van der Waals surface area (Å²) in [6.45, 7) is 2.17. The zero-order chi connectivity index (χ0) is 19.2. The summed E-state index contributed by atoms with van der Waals surface area (Å²) in [6.07, 6.45) is 1.92. The second-order valence-electron chi connectivity index (χ2n) is 5.44. The smallest absolute Gasteiger partial charge is 0.243 e. The van der Waals surface area contributed by atoms with Crippen LogP contribution in [0.1, 0.15) is 6.92 Å². The lowest BCUT2D eigenvalue weighted by Gasteiger charge is -2.17. The van der Waals surface area contributed by atoms with E-state index in [2.05, 4.69) is 5.32 Å². The van der Waals surface area contributed by atoms with E-state index in [9.17, 15) is 13.2 Å². The number of nitrogens with one attached hydrogen (secondary N) is 1. The molecule has 0 aromatic heterocycles. The molecular formula is C18H22N2O4S2. The lowest BCUT2D eigenvalue weighted by molar-refractivity contribution is -0.116. The van der Waals surface area contributed by atoms with E-state index in [1.165, 1.54) is 18.8 Å². The van der Waals surface area contributed by atoms with E-state index in [0.29, 0.717) is 18.0 Å². The summed E-state index contributed by atoms with van der Waals surface area (Å²) >= 11 is 1.53. The van der Waals surface area contributed by atoms with E-state index < -0.39 is 15.9 Å². The molecule has 2 aromatic rings. The Kier molecular flexibility index (Phi) is 7.07. The van der Waals surface area contributed by atoms with E-state index in [0.717, 1.165) is 9.20 Å². The third-order valence-corrected chi connectivity index (χ3v) is 6.14. The minimum absolute atomic E-state index is 0.159. The molecule has 8 heteroatoms. The summed E-state index contributed by atoms with van der Waals surface area (Å²) < 4.78 is 31.5. The van der Waals surface area contributed by atoms with Crippen molar-refractivity contribution in [2.45, 2.75) is 16.7 Å². The molecule has 2 aromatic carbocycles. The van der Waals surface area contributed by atoms with E-state index >= 15 is 0 Å². The van der Waals surface area contributed by atoms with Crippen LogP contribution in [-0.4, -0.2) is 45.1 Å². The van der Waals surface area contributed by atoms with Crippen molar-refractivity contribution in [1.82, 2.24) is 4.31 Å². The van der Waals surface area contributed by atoms with Crippen molar-refractivity contribution >= 4 is 33.4 Å². The minimum atomic E-state index is -3.72. The Morgan fingerprint density at radius 3 is 2.27 bits per heavy atom. The highest BCUT2D eigenvalue weighted by molar-refractivity contribution is 7.98. The number of hydrogen-bond donors (Lipinski definition) is 1. The lowest BCUT2D eigenvalue weighted by atomic mass is 10.3. The van der Waals surface area contributed by atoms with Gasteiger partial charge in [-0.2, -0.15) is 4.31 Å². The number of likely N-dealkylation sites (N-methyl/N-ethyl adjacent to an activating group) is 1. The molecule has 2 rings (SSSR count). The number of benzene rings is 2. The van der Waals surface area contributed by atoms with Crippen LogP contribution >= 0.6 is 11.8 Å². The first-order valence-corrected chi connectivity index (χ1v) is 10.7. The van der Waals surface area contributed by atoms with Gasteiger partial charge in [0.25, 0.3) is 0 Å². The topological polar surface area (TPSA) is 75.7 Å². The third kappa shape index (κ3) is 5.23. The molecule has 0 saturated carbocycles. The van der Waals surface area contributed by atoms with E-state index in [-0.39, 0.29) is 11.4 Å². The average Bonchev–Trinajstić information content (AvgIpc) is 2.63. The van der Waals surface area contributed by atoms with Gasteiger partial charge in [-0.1, -0.05) is 0 Å². The number of thioether (sulfide) groups is 1. The molecule has 0 aliphatic rings. The van der Waals surface area contributed by atoms with E-state index in [4.69, 9.17) is 4.74 Å². The quantitative estimate of drug-likeness (QED) is 0.697. The van der Waals surface area contributed by atoms with Crippen molar-refractivity contribution in [3.05, 3.63) is 48.5 Å². The van der Waals surface area contributed by atoms with Gasteiger partial charge >= 0.3 is 0 Å². The maximum absolute atomic E-state index is 12.6. The fourth-order valence-corrected chi connectivity index (χ4v) is 3.75. The fourth-order valence-electron chi connectivity index (χ4n) is 2.22. The van der Waals surface area contributed by atoms with Crippen LogP contribution in [0.2, 0.25) is 0 Å². The molecule has 0 fully saturated rings. The predicted octanol–water partition coefficient (Wildman–Crippen LogP) is 3.07. The number of sulfonamides is 1. The van der Waals surface area contributed by atoms with Crippen LogP contribution in [-0.2, 0) is 14.8 Å². The molecule has 0 spiro atoms. The molecule has 0 aliphatic carbocycles. The second kappa shape index (κ2) is 9.07. The Hall–Kier alpha value is -2.03. The van der Waals surface area contributed by atoms with Crippen LogP contribution in [0.4, 0.5) is 5.69 Å². The van der Waals surface area contributed by atoms with Crippen molar-refractivity contribution in [3.63, 3.8) is 0 Å². The molecule has 0 atom stereocenters. The Bertz CT molecular complexity index is 834. The number of anilines is 1. The Morgan fingerprint density at radius 2 is 1.73 bits per heavy atom. The molecule has 0 saturated heterocycles. The first-order valence-electron chi connectivity index (χ1n) is 8.00. The summed E-state index contributed by atoms with van der Waals surface area (Å²) in [4.78, 5) is 13.3. The van der Waals surface area contributed by atoms with Crippen molar-refractivity contribution in [2.75, 3.05) is 31.8 Å². The van der Waals surface area contributed by atoms with Gasteiger partial charge in [0.1, 0.15) is 5.75 Å². The van der Waals surface area contributed by atoms with Gasteiger partial charge in [-0.3, -0.25) is 4.79 Å². The lowest BCUT2D eigenvalue weighted by Crippen LogP contribution is -2.34. The Morgan fingerprint density at radius 1 is 1.12 bits per heavy atom. The molecule has 0 bridgehead atoms. The highest BCUT2D eigenvalue weighted by Crippen LogP contribution is 2.20. The third-order valence-electron chi connectivity index (χ3n) is 3.58. The van der Waals surface area contributed by atoms with Crippen molar-refractivity contribution in [3.8, 4) is 5.75 Å². The molecule has 0 radical (unpaired) electrons. The van der Waals surface area contributed by atoms with Gasteiger partial charge in [0.15, 0.2) is 0 Å². The number of amides is 1. The Balaban J connectivity index is 2.00. The van der Waals surface area contributed by atoms with Gasteiger partial charge < -0.3 is 10.1 Å². The summed E-state index contributed by atoms with van der Waals surface area (Å²) in [5.74, 6) is 0.292. The number of ether oxygens (including phenoxy) is 1. The maximum atomic E-state index is 12.6. The molecule has 0 heterocycles. The highest BCUT2D eigenvalue weighted by Gasteiger charge is 2.22. The average molecular weight is 395 g/mol. The molecule has 26 heavy (non-hydrogen) atoms. The summed E-state index contributed by atoms with van der Waals surface area (Å²) in [7, 11) is -2.34. The molecule has 1 amide bonds.